The van der Waals surface area contributed by atoms with Gasteiger partial charge in [-0.25, -0.2) is 4.98 Å². The number of amides is 1. The summed E-state index contributed by atoms with van der Waals surface area (Å²) in [7, 11) is 0. The third-order valence-corrected chi connectivity index (χ3v) is 3.31. The van der Waals surface area contributed by atoms with Gasteiger partial charge in [0.2, 0.25) is 5.91 Å². The molecule has 4 heteroatoms. The molecule has 0 fully saturated rings. The Kier molecular flexibility index (Phi) is 3.69. The minimum absolute atomic E-state index is 0.0500. The molecule has 0 spiro atoms. The van der Waals surface area contributed by atoms with E-state index in [4.69, 9.17) is 0 Å². The van der Waals surface area contributed by atoms with Crippen molar-refractivity contribution in [2.45, 2.75) is 19.8 Å². The monoisotopic (exact) mass is 279 g/mol. The molecule has 2 N–H and O–H groups in total. The summed E-state index contributed by atoms with van der Waals surface area (Å²) in [4.78, 5) is 19.4. The van der Waals surface area contributed by atoms with E-state index >= 15 is 0 Å². The van der Waals surface area contributed by atoms with Crippen molar-refractivity contribution in [3.05, 3.63) is 48.5 Å². The van der Waals surface area contributed by atoms with Crippen LogP contribution < -0.4 is 5.32 Å². The van der Waals surface area contributed by atoms with Crippen LogP contribution in [0.4, 0.5) is 5.69 Å². The molecule has 0 bridgehead atoms. The van der Waals surface area contributed by atoms with E-state index in [1.54, 1.807) is 0 Å². The second-order valence-corrected chi connectivity index (χ2v) is 4.98. The normalized spacial score (nSPS) is 10.7. The first-order chi connectivity index (χ1) is 10.3. The highest BCUT2D eigenvalue weighted by Crippen LogP contribution is 2.22. The third kappa shape index (κ3) is 2.94. The predicted molar refractivity (Wildman–Crippen MR) is 85.1 cm³/mol. The molecule has 1 heterocycles. The maximum atomic E-state index is 11.6. The van der Waals surface area contributed by atoms with Gasteiger partial charge in [-0.1, -0.05) is 19.1 Å². The Balaban J connectivity index is 1.81. The predicted octanol–water partition coefficient (Wildman–Crippen LogP) is 3.97. The second kappa shape index (κ2) is 5.79. The van der Waals surface area contributed by atoms with E-state index in [1.165, 1.54) is 0 Å². The molecular formula is C17H17N3O. The van der Waals surface area contributed by atoms with Crippen LogP contribution in [0.15, 0.2) is 48.5 Å². The molecule has 0 aliphatic rings. The Morgan fingerprint density at radius 1 is 1.14 bits per heavy atom. The molecule has 106 valence electrons. The van der Waals surface area contributed by atoms with E-state index in [1.807, 2.05) is 55.5 Å². The van der Waals surface area contributed by atoms with Crippen LogP contribution in [0.25, 0.3) is 22.4 Å². The molecule has 1 amide bonds. The summed E-state index contributed by atoms with van der Waals surface area (Å²) in [6.07, 6.45) is 1.40. The summed E-state index contributed by atoms with van der Waals surface area (Å²) < 4.78 is 0. The average Bonchev–Trinajstić information content (AvgIpc) is 2.92. The lowest BCUT2D eigenvalue weighted by molar-refractivity contribution is -0.116. The molecule has 0 radical (unpaired) electrons. The Labute approximate surface area is 123 Å². The molecule has 3 aromatic rings. The van der Waals surface area contributed by atoms with Crippen molar-refractivity contribution >= 4 is 22.6 Å². The van der Waals surface area contributed by atoms with E-state index in [-0.39, 0.29) is 5.91 Å². The lowest BCUT2D eigenvalue weighted by Crippen LogP contribution is -2.10. The fourth-order valence-electron chi connectivity index (χ4n) is 2.25. The lowest BCUT2D eigenvalue weighted by atomic mass is 10.2. The van der Waals surface area contributed by atoms with Gasteiger partial charge in [0, 0.05) is 17.7 Å². The number of fused-ring (bicyclic) bond motifs is 1. The molecule has 3 rings (SSSR count). The summed E-state index contributed by atoms with van der Waals surface area (Å²) in [6.45, 7) is 1.99. The van der Waals surface area contributed by atoms with Crippen LogP contribution in [0.5, 0.6) is 0 Å². The Bertz CT molecular complexity index is 726. The number of H-pyrrole nitrogens is 1. The van der Waals surface area contributed by atoms with Crippen molar-refractivity contribution in [3.63, 3.8) is 0 Å². The smallest absolute Gasteiger partial charge is 0.224 e. The van der Waals surface area contributed by atoms with Gasteiger partial charge in [0.15, 0.2) is 0 Å². The van der Waals surface area contributed by atoms with Crippen LogP contribution in [-0.2, 0) is 4.79 Å². The van der Waals surface area contributed by atoms with Crippen LogP contribution in [0.2, 0.25) is 0 Å². The Morgan fingerprint density at radius 3 is 2.62 bits per heavy atom. The molecule has 21 heavy (non-hydrogen) atoms. The highest BCUT2D eigenvalue weighted by Gasteiger charge is 2.05. The zero-order valence-corrected chi connectivity index (χ0v) is 11.9. The van der Waals surface area contributed by atoms with Crippen LogP contribution >= 0.6 is 0 Å². The summed E-state index contributed by atoms with van der Waals surface area (Å²) in [5.41, 5.74) is 3.79. The van der Waals surface area contributed by atoms with Gasteiger partial charge in [-0.05, 0) is 42.8 Å². The van der Waals surface area contributed by atoms with Crippen molar-refractivity contribution in [2.75, 3.05) is 5.32 Å². The highest BCUT2D eigenvalue weighted by atomic mass is 16.1. The van der Waals surface area contributed by atoms with Gasteiger partial charge in [-0.3, -0.25) is 4.79 Å². The van der Waals surface area contributed by atoms with Gasteiger partial charge in [0.1, 0.15) is 5.82 Å². The number of rotatable bonds is 4. The molecule has 4 nitrogen and oxygen atoms in total. The summed E-state index contributed by atoms with van der Waals surface area (Å²) in [5, 5.41) is 2.88. The highest BCUT2D eigenvalue weighted by molar-refractivity contribution is 5.91. The number of anilines is 1. The first-order valence-corrected chi connectivity index (χ1v) is 7.11. The number of hydrogen-bond donors (Lipinski definition) is 2. The lowest BCUT2D eigenvalue weighted by Gasteiger charge is -2.04. The number of nitrogens with zero attached hydrogens (tertiary/aromatic N) is 1. The minimum Gasteiger partial charge on any atom is -0.338 e. The zero-order chi connectivity index (χ0) is 14.7. The summed E-state index contributed by atoms with van der Waals surface area (Å²) in [5.74, 6) is 0.886. The quantitative estimate of drug-likeness (QED) is 0.759. The van der Waals surface area contributed by atoms with E-state index in [9.17, 15) is 4.79 Å². The Hall–Kier alpha value is -2.62. The number of hydrogen-bond acceptors (Lipinski definition) is 2. The summed E-state index contributed by atoms with van der Waals surface area (Å²) in [6, 6.07) is 15.7. The van der Waals surface area contributed by atoms with Crippen LogP contribution in [0.3, 0.4) is 0 Å². The molecule has 0 saturated carbocycles. The molecule has 0 aliphatic heterocycles. The van der Waals surface area contributed by atoms with Gasteiger partial charge in [0.25, 0.3) is 0 Å². The largest absolute Gasteiger partial charge is 0.338 e. The molecule has 1 aromatic heterocycles. The fourth-order valence-corrected chi connectivity index (χ4v) is 2.25. The van der Waals surface area contributed by atoms with E-state index in [0.29, 0.717) is 6.42 Å². The van der Waals surface area contributed by atoms with Crippen molar-refractivity contribution in [1.82, 2.24) is 9.97 Å². The standard InChI is InChI=1S/C17H17N3O/c1-2-5-16(21)18-13-10-8-12(9-11-13)17-19-14-6-3-4-7-15(14)20-17/h3-4,6-11H,2,5H2,1H3,(H,18,21)(H,19,20). The van der Waals surface area contributed by atoms with E-state index < -0.39 is 0 Å². The number of benzene rings is 2. The number of para-hydroxylation sites is 2. The molecule has 2 aromatic carbocycles. The van der Waals surface area contributed by atoms with Gasteiger partial charge >= 0.3 is 0 Å². The van der Waals surface area contributed by atoms with E-state index in [0.717, 1.165) is 34.5 Å². The van der Waals surface area contributed by atoms with E-state index in [2.05, 4.69) is 15.3 Å². The maximum absolute atomic E-state index is 11.6. The minimum atomic E-state index is 0.0500. The van der Waals surface area contributed by atoms with Crippen LogP contribution in [-0.4, -0.2) is 15.9 Å². The number of nitrogens with one attached hydrogen (secondary N) is 2. The first kappa shape index (κ1) is 13.4. The molecular weight excluding hydrogens is 262 g/mol. The average molecular weight is 279 g/mol. The number of aromatic amines is 1. The number of aromatic nitrogens is 2. The van der Waals surface area contributed by atoms with Crippen molar-refractivity contribution in [1.29, 1.82) is 0 Å². The number of carbonyl (C=O) groups is 1. The summed E-state index contributed by atoms with van der Waals surface area (Å²) >= 11 is 0. The fraction of sp³-hybridized carbons (Fsp3) is 0.176. The molecule has 0 saturated heterocycles. The second-order valence-electron chi connectivity index (χ2n) is 4.98. The van der Waals surface area contributed by atoms with Crippen LogP contribution in [0, 0.1) is 0 Å². The molecule has 0 unspecified atom stereocenters. The zero-order valence-electron chi connectivity index (χ0n) is 11.9. The first-order valence-electron chi connectivity index (χ1n) is 7.11. The van der Waals surface area contributed by atoms with Crippen LogP contribution in [0.1, 0.15) is 19.8 Å². The third-order valence-electron chi connectivity index (χ3n) is 3.31. The van der Waals surface area contributed by atoms with Crippen molar-refractivity contribution < 1.29 is 4.79 Å². The topological polar surface area (TPSA) is 57.8 Å². The maximum Gasteiger partial charge on any atom is 0.224 e. The molecule has 0 atom stereocenters. The van der Waals surface area contributed by atoms with Gasteiger partial charge in [-0.15, -0.1) is 0 Å². The number of carbonyl (C=O) groups excluding carboxylic acids is 1. The SMILES string of the molecule is CCCC(=O)Nc1ccc(-c2nc3ccccc3[nH]2)cc1. The van der Waals surface area contributed by atoms with Gasteiger partial charge in [0.05, 0.1) is 11.0 Å². The number of imidazole rings is 1. The Morgan fingerprint density at radius 2 is 1.90 bits per heavy atom. The van der Waals surface area contributed by atoms with Crippen molar-refractivity contribution in [3.8, 4) is 11.4 Å². The molecule has 0 aliphatic carbocycles. The van der Waals surface area contributed by atoms with Gasteiger partial charge in [-0.2, -0.15) is 0 Å². The van der Waals surface area contributed by atoms with Gasteiger partial charge < -0.3 is 10.3 Å². The van der Waals surface area contributed by atoms with Crippen molar-refractivity contribution in [2.24, 2.45) is 0 Å².